The Bertz CT molecular complexity index is 619. The van der Waals surface area contributed by atoms with Gasteiger partial charge in [-0.1, -0.05) is 27.5 Å². The fraction of sp³-hybridized carbons (Fsp3) is 0.0909. The first-order valence-electron chi connectivity index (χ1n) is 4.71. The van der Waals surface area contributed by atoms with E-state index in [1.165, 1.54) is 19.2 Å². The van der Waals surface area contributed by atoms with Gasteiger partial charge in [-0.3, -0.25) is 0 Å². The molecule has 1 unspecified atom stereocenters. The number of thiophene rings is 3. The van der Waals surface area contributed by atoms with E-state index >= 15 is 0 Å². The molecule has 88 valence electrons. The molecule has 3 aromatic heterocycles. The van der Waals surface area contributed by atoms with Crippen LogP contribution in [0.1, 0.15) is 14.6 Å². The van der Waals surface area contributed by atoms with Crippen LogP contribution < -0.4 is 0 Å². The Labute approximate surface area is 132 Å². The molecule has 0 aliphatic heterocycles. The van der Waals surface area contributed by atoms with Crippen LogP contribution in [0.4, 0.5) is 0 Å². The van der Waals surface area contributed by atoms with Gasteiger partial charge in [-0.15, -0.1) is 34.0 Å². The van der Waals surface area contributed by atoms with Crippen molar-refractivity contribution in [2.75, 3.05) is 0 Å². The lowest BCUT2D eigenvalue weighted by molar-refractivity contribution is 1.29. The Hall–Kier alpha value is 0.610. The second kappa shape index (κ2) is 4.94. The predicted molar refractivity (Wildman–Crippen MR) is 87.5 cm³/mol. The van der Waals surface area contributed by atoms with Gasteiger partial charge in [0.15, 0.2) is 0 Å². The number of rotatable bonds is 2. The van der Waals surface area contributed by atoms with E-state index in [-0.39, 0.29) is 4.83 Å². The summed E-state index contributed by atoms with van der Waals surface area (Å²) >= 11 is 18.6. The van der Waals surface area contributed by atoms with Crippen LogP contribution in [-0.4, -0.2) is 0 Å². The van der Waals surface area contributed by atoms with E-state index < -0.39 is 0 Å². The summed E-state index contributed by atoms with van der Waals surface area (Å²) in [4.78, 5) is 2.80. The molecule has 0 aliphatic rings. The van der Waals surface area contributed by atoms with Gasteiger partial charge in [0.25, 0.3) is 0 Å². The summed E-state index contributed by atoms with van der Waals surface area (Å²) in [5.41, 5.74) is 0. The largest absolute Gasteiger partial charge is 0.143 e. The maximum atomic E-state index is 6.07. The zero-order chi connectivity index (χ0) is 12.0. The smallest absolute Gasteiger partial charge is 0.0887 e. The van der Waals surface area contributed by atoms with Gasteiger partial charge in [0, 0.05) is 19.2 Å². The molecule has 0 bridgehead atoms. The van der Waals surface area contributed by atoms with E-state index in [4.69, 9.17) is 11.6 Å². The molecule has 3 rings (SSSR count). The van der Waals surface area contributed by atoms with Gasteiger partial charge >= 0.3 is 0 Å². The van der Waals surface area contributed by atoms with Crippen LogP contribution in [-0.2, 0) is 0 Å². The second-order valence-corrected chi connectivity index (χ2v) is 9.22. The summed E-state index contributed by atoms with van der Waals surface area (Å²) in [6.07, 6.45) is 0. The van der Waals surface area contributed by atoms with Gasteiger partial charge in [0.05, 0.1) is 13.6 Å². The Balaban J connectivity index is 2.01. The topological polar surface area (TPSA) is 0 Å². The minimum atomic E-state index is 0.237. The summed E-state index contributed by atoms with van der Waals surface area (Å²) in [6.45, 7) is 0. The zero-order valence-electron chi connectivity index (χ0n) is 8.25. The Morgan fingerprint density at radius 2 is 1.88 bits per heavy atom. The molecular weight excluding hydrogens is 424 g/mol. The van der Waals surface area contributed by atoms with Crippen LogP contribution in [0, 0.1) is 0 Å². The van der Waals surface area contributed by atoms with Crippen molar-refractivity contribution in [3.05, 3.63) is 42.1 Å². The molecule has 0 nitrogen and oxygen atoms in total. The van der Waals surface area contributed by atoms with Crippen LogP contribution in [0.25, 0.3) is 9.40 Å². The average molecular weight is 429 g/mol. The molecule has 0 amide bonds. The predicted octanol–water partition coefficient (Wildman–Crippen LogP) is 6.92. The van der Waals surface area contributed by atoms with E-state index in [1.807, 2.05) is 17.4 Å². The Morgan fingerprint density at radius 1 is 1.12 bits per heavy atom. The maximum Gasteiger partial charge on any atom is 0.0887 e. The molecule has 0 aliphatic carbocycles. The number of hydrogen-bond donors (Lipinski definition) is 0. The molecule has 0 spiro atoms. The van der Waals surface area contributed by atoms with Crippen molar-refractivity contribution >= 4 is 86.9 Å². The third-order valence-corrected chi connectivity index (χ3v) is 8.61. The molecule has 0 aromatic carbocycles. The van der Waals surface area contributed by atoms with Crippen molar-refractivity contribution in [1.82, 2.24) is 0 Å². The van der Waals surface area contributed by atoms with Gasteiger partial charge in [0.1, 0.15) is 0 Å². The first kappa shape index (κ1) is 12.6. The van der Waals surface area contributed by atoms with Gasteiger partial charge in [-0.2, -0.15) is 0 Å². The van der Waals surface area contributed by atoms with E-state index in [0.29, 0.717) is 0 Å². The van der Waals surface area contributed by atoms with Gasteiger partial charge < -0.3 is 0 Å². The number of halogens is 3. The van der Waals surface area contributed by atoms with Gasteiger partial charge in [-0.05, 0) is 39.5 Å². The monoisotopic (exact) mass is 426 g/mol. The van der Waals surface area contributed by atoms with Crippen molar-refractivity contribution in [1.29, 1.82) is 0 Å². The standard InChI is InChI=1S/C11H5Br2ClS3/c12-10(8-3-5(14)11(13)17-8)9-4-7-6(16-9)1-2-15-7/h1-4,10H. The molecule has 0 saturated heterocycles. The lowest BCUT2D eigenvalue weighted by Crippen LogP contribution is -1.83. The average Bonchev–Trinajstić information content (AvgIpc) is 2.92. The normalized spacial score (nSPS) is 13.4. The highest BCUT2D eigenvalue weighted by atomic mass is 79.9. The van der Waals surface area contributed by atoms with Crippen LogP contribution in [0.5, 0.6) is 0 Å². The molecule has 0 radical (unpaired) electrons. The molecule has 3 heterocycles. The lowest BCUT2D eigenvalue weighted by Gasteiger charge is -2.03. The SMILES string of the molecule is Clc1cc(C(Br)c2cc3sccc3s2)sc1Br. The molecule has 0 saturated carbocycles. The first-order valence-corrected chi connectivity index (χ1v) is 9.31. The lowest BCUT2D eigenvalue weighted by atomic mass is 10.3. The van der Waals surface area contributed by atoms with Crippen molar-refractivity contribution < 1.29 is 0 Å². The zero-order valence-corrected chi connectivity index (χ0v) is 14.6. The fourth-order valence-electron chi connectivity index (χ4n) is 1.54. The van der Waals surface area contributed by atoms with E-state index in [1.54, 1.807) is 22.7 Å². The highest BCUT2D eigenvalue weighted by Gasteiger charge is 2.17. The van der Waals surface area contributed by atoms with E-state index in [2.05, 4.69) is 49.4 Å². The van der Waals surface area contributed by atoms with E-state index in [9.17, 15) is 0 Å². The van der Waals surface area contributed by atoms with Gasteiger partial charge in [0.2, 0.25) is 0 Å². The molecule has 17 heavy (non-hydrogen) atoms. The third kappa shape index (κ3) is 2.38. The van der Waals surface area contributed by atoms with Crippen molar-refractivity contribution in [2.24, 2.45) is 0 Å². The van der Waals surface area contributed by atoms with Crippen molar-refractivity contribution in [3.8, 4) is 0 Å². The summed E-state index contributed by atoms with van der Waals surface area (Å²) in [5.74, 6) is 0. The summed E-state index contributed by atoms with van der Waals surface area (Å²) in [7, 11) is 0. The van der Waals surface area contributed by atoms with Crippen molar-refractivity contribution in [3.63, 3.8) is 0 Å². The number of fused-ring (bicyclic) bond motifs is 1. The molecule has 6 heteroatoms. The summed E-state index contributed by atoms with van der Waals surface area (Å²) in [5, 5.41) is 2.92. The maximum absolute atomic E-state index is 6.07. The number of alkyl halides is 1. The molecule has 3 aromatic rings. The van der Waals surface area contributed by atoms with Crippen molar-refractivity contribution in [2.45, 2.75) is 4.83 Å². The van der Waals surface area contributed by atoms with Gasteiger partial charge in [-0.25, -0.2) is 0 Å². The molecular formula is C11H5Br2ClS3. The summed E-state index contributed by atoms with van der Waals surface area (Å²) < 4.78 is 3.71. The third-order valence-electron chi connectivity index (χ3n) is 2.32. The van der Waals surface area contributed by atoms with Crippen LogP contribution in [0.15, 0.2) is 27.4 Å². The Morgan fingerprint density at radius 3 is 2.53 bits per heavy atom. The first-order chi connectivity index (χ1) is 8.15. The Kier molecular flexibility index (Phi) is 3.67. The minimum absolute atomic E-state index is 0.237. The second-order valence-electron chi connectivity index (χ2n) is 3.43. The van der Waals surface area contributed by atoms with Crippen LogP contribution >= 0.6 is 77.5 Å². The summed E-state index contributed by atoms with van der Waals surface area (Å²) in [6, 6.07) is 6.44. The highest BCUT2D eigenvalue weighted by Crippen LogP contribution is 2.44. The fourth-order valence-corrected chi connectivity index (χ4v) is 6.30. The molecule has 1 atom stereocenters. The van der Waals surface area contributed by atoms with Crippen LogP contribution in [0.2, 0.25) is 5.02 Å². The van der Waals surface area contributed by atoms with Crippen LogP contribution in [0.3, 0.4) is 0 Å². The molecule has 0 N–H and O–H groups in total. The van der Waals surface area contributed by atoms with E-state index in [0.717, 1.165) is 8.81 Å². The number of hydrogen-bond acceptors (Lipinski definition) is 3. The highest BCUT2D eigenvalue weighted by molar-refractivity contribution is 9.11. The minimum Gasteiger partial charge on any atom is -0.143 e. The molecule has 0 fully saturated rings. The quantitative estimate of drug-likeness (QED) is 0.388.